The predicted molar refractivity (Wildman–Crippen MR) is 75.0 cm³/mol. The largest absolute Gasteiger partial charge is 0.354 e. The van der Waals surface area contributed by atoms with Crippen LogP contribution < -0.4 is 5.32 Å². The maximum atomic E-state index is 11.8. The lowest BCUT2D eigenvalue weighted by atomic mass is 10.2. The number of aromatic amines is 1. The number of amides is 1. The highest BCUT2D eigenvalue weighted by molar-refractivity contribution is 7.99. The van der Waals surface area contributed by atoms with Crippen LogP contribution in [0.1, 0.15) is 25.7 Å². The summed E-state index contributed by atoms with van der Waals surface area (Å²) in [6.45, 7) is 3.32. The van der Waals surface area contributed by atoms with Crippen molar-refractivity contribution in [1.29, 1.82) is 0 Å². The minimum Gasteiger partial charge on any atom is -0.354 e. The van der Waals surface area contributed by atoms with Gasteiger partial charge in [0.2, 0.25) is 5.91 Å². The third-order valence-electron chi connectivity index (χ3n) is 3.13. The summed E-state index contributed by atoms with van der Waals surface area (Å²) >= 11 is 1.59. The van der Waals surface area contributed by atoms with Gasteiger partial charge in [-0.15, -0.1) is 16.9 Å². The average molecular weight is 283 g/mol. The highest BCUT2D eigenvalue weighted by Crippen LogP contribution is 2.11. The molecule has 0 unspecified atom stereocenters. The Balaban J connectivity index is 1.56. The Morgan fingerprint density at radius 3 is 2.84 bits per heavy atom. The lowest BCUT2D eigenvalue weighted by Crippen LogP contribution is -2.38. The molecule has 19 heavy (non-hydrogen) atoms. The molecule has 0 saturated carbocycles. The molecule has 0 atom stereocenters. The fourth-order valence-corrected chi connectivity index (χ4v) is 2.81. The van der Waals surface area contributed by atoms with Crippen LogP contribution in [0.15, 0.2) is 11.2 Å². The molecular formula is C12H21N5OS. The molecule has 1 aliphatic heterocycles. The number of nitrogens with zero attached hydrogens (tertiary/aromatic N) is 3. The van der Waals surface area contributed by atoms with Crippen molar-refractivity contribution in [2.24, 2.45) is 0 Å². The standard InChI is InChI=1S/C12H21N5OS/c18-11(10-17-6-3-1-2-4-7-17)13-5-8-19-12-9-14-16-15-12/h9H,1-8,10H2,(H,13,18)(H,14,15,16). The van der Waals surface area contributed by atoms with Crippen LogP contribution in [0.5, 0.6) is 0 Å². The number of carbonyl (C=O) groups is 1. The van der Waals surface area contributed by atoms with Gasteiger partial charge in [-0.3, -0.25) is 9.69 Å². The molecule has 0 spiro atoms. The van der Waals surface area contributed by atoms with Crippen LogP contribution in [-0.2, 0) is 4.79 Å². The maximum Gasteiger partial charge on any atom is 0.234 e. The van der Waals surface area contributed by atoms with E-state index in [0.29, 0.717) is 13.1 Å². The van der Waals surface area contributed by atoms with Gasteiger partial charge in [-0.2, -0.15) is 10.3 Å². The molecule has 1 aromatic rings. The Hall–Kier alpha value is -1.08. The molecule has 1 fully saturated rings. The van der Waals surface area contributed by atoms with Crippen LogP contribution in [0.2, 0.25) is 0 Å². The number of thioether (sulfide) groups is 1. The summed E-state index contributed by atoms with van der Waals surface area (Å²) in [7, 11) is 0. The molecule has 0 aliphatic carbocycles. The van der Waals surface area contributed by atoms with E-state index in [1.165, 1.54) is 25.7 Å². The molecule has 0 radical (unpaired) electrons. The van der Waals surface area contributed by atoms with Gasteiger partial charge in [0.15, 0.2) is 0 Å². The van der Waals surface area contributed by atoms with Gasteiger partial charge in [0, 0.05) is 12.3 Å². The second-order valence-corrected chi connectivity index (χ2v) is 5.81. The van der Waals surface area contributed by atoms with Gasteiger partial charge in [-0.05, 0) is 25.9 Å². The highest BCUT2D eigenvalue weighted by atomic mass is 32.2. The van der Waals surface area contributed by atoms with E-state index in [2.05, 4.69) is 25.6 Å². The quantitative estimate of drug-likeness (QED) is 0.599. The first-order valence-corrected chi connectivity index (χ1v) is 7.81. The summed E-state index contributed by atoms with van der Waals surface area (Å²) in [6.07, 6.45) is 6.72. The summed E-state index contributed by atoms with van der Waals surface area (Å²) in [5, 5.41) is 14.1. The molecule has 0 bridgehead atoms. The second kappa shape index (κ2) is 8.16. The van der Waals surface area contributed by atoms with E-state index >= 15 is 0 Å². The van der Waals surface area contributed by atoms with Crippen molar-refractivity contribution in [1.82, 2.24) is 25.6 Å². The lowest BCUT2D eigenvalue weighted by Gasteiger charge is -2.18. The van der Waals surface area contributed by atoms with E-state index in [1.54, 1.807) is 18.0 Å². The maximum absolute atomic E-state index is 11.8. The van der Waals surface area contributed by atoms with Crippen LogP contribution in [0.25, 0.3) is 0 Å². The SMILES string of the molecule is O=C(CN1CCCCCC1)NCCSc1cn[nH]n1. The minimum absolute atomic E-state index is 0.127. The van der Waals surface area contributed by atoms with Crippen molar-refractivity contribution in [2.45, 2.75) is 30.7 Å². The van der Waals surface area contributed by atoms with E-state index in [0.717, 1.165) is 23.9 Å². The second-order valence-electron chi connectivity index (χ2n) is 4.70. The van der Waals surface area contributed by atoms with Crippen molar-refractivity contribution in [2.75, 3.05) is 31.9 Å². The van der Waals surface area contributed by atoms with Gasteiger partial charge in [-0.25, -0.2) is 0 Å². The summed E-state index contributed by atoms with van der Waals surface area (Å²) in [4.78, 5) is 14.0. The zero-order valence-electron chi connectivity index (χ0n) is 11.1. The van der Waals surface area contributed by atoms with E-state index in [4.69, 9.17) is 0 Å². The van der Waals surface area contributed by atoms with E-state index in [9.17, 15) is 4.79 Å². The Bertz CT molecular complexity index is 362. The van der Waals surface area contributed by atoms with Crippen molar-refractivity contribution in [3.63, 3.8) is 0 Å². The summed E-state index contributed by atoms with van der Waals surface area (Å²) < 4.78 is 0. The first-order chi connectivity index (χ1) is 9.34. The lowest BCUT2D eigenvalue weighted by molar-refractivity contribution is -0.122. The Morgan fingerprint density at radius 1 is 1.37 bits per heavy atom. The molecule has 2 heterocycles. The third-order valence-corrected chi connectivity index (χ3v) is 4.03. The molecule has 106 valence electrons. The molecule has 2 rings (SSSR count). The molecule has 6 nitrogen and oxygen atoms in total. The average Bonchev–Trinajstić information content (AvgIpc) is 2.79. The van der Waals surface area contributed by atoms with Crippen molar-refractivity contribution in [3.05, 3.63) is 6.20 Å². The Labute approximate surface area is 117 Å². The minimum atomic E-state index is 0.127. The first kappa shape index (κ1) is 14.3. The van der Waals surface area contributed by atoms with Crippen molar-refractivity contribution in [3.8, 4) is 0 Å². The zero-order valence-corrected chi connectivity index (χ0v) is 11.9. The van der Waals surface area contributed by atoms with E-state index in [-0.39, 0.29) is 5.91 Å². The van der Waals surface area contributed by atoms with Crippen LogP contribution in [0, 0.1) is 0 Å². The normalized spacial score (nSPS) is 17.1. The molecular weight excluding hydrogens is 262 g/mol. The fourth-order valence-electron chi connectivity index (χ4n) is 2.16. The van der Waals surface area contributed by atoms with Crippen molar-refractivity contribution >= 4 is 17.7 Å². The summed E-state index contributed by atoms with van der Waals surface area (Å²) in [6, 6.07) is 0. The number of carbonyl (C=O) groups excluding carboxylic acids is 1. The molecule has 2 N–H and O–H groups in total. The van der Waals surface area contributed by atoms with Gasteiger partial charge in [0.1, 0.15) is 5.03 Å². The topological polar surface area (TPSA) is 73.9 Å². The number of rotatable bonds is 6. The third kappa shape index (κ3) is 5.61. The molecule has 1 saturated heterocycles. The smallest absolute Gasteiger partial charge is 0.234 e. The number of aromatic nitrogens is 3. The van der Waals surface area contributed by atoms with E-state index < -0.39 is 0 Å². The number of nitrogens with one attached hydrogen (secondary N) is 2. The monoisotopic (exact) mass is 283 g/mol. The van der Waals surface area contributed by atoms with Crippen LogP contribution in [0.3, 0.4) is 0 Å². The first-order valence-electron chi connectivity index (χ1n) is 6.82. The molecule has 7 heteroatoms. The Kier molecular flexibility index (Phi) is 6.16. The highest BCUT2D eigenvalue weighted by Gasteiger charge is 2.12. The fraction of sp³-hybridized carbons (Fsp3) is 0.750. The van der Waals surface area contributed by atoms with Gasteiger partial charge < -0.3 is 5.32 Å². The van der Waals surface area contributed by atoms with Crippen LogP contribution in [-0.4, -0.2) is 58.1 Å². The Morgan fingerprint density at radius 2 is 2.16 bits per heavy atom. The van der Waals surface area contributed by atoms with Gasteiger partial charge >= 0.3 is 0 Å². The number of hydrogen-bond acceptors (Lipinski definition) is 5. The number of likely N-dealkylation sites (tertiary alicyclic amines) is 1. The van der Waals surface area contributed by atoms with Crippen LogP contribution in [0.4, 0.5) is 0 Å². The van der Waals surface area contributed by atoms with Crippen molar-refractivity contribution < 1.29 is 4.79 Å². The zero-order chi connectivity index (χ0) is 13.3. The van der Waals surface area contributed by atoms with E-state index in [1.807, 2.05) is 0 Å². The summed E-state index contributed by atoms with van der Waals surface area (Å²) in [5.74, 6) is 0.945. The van der Waals surface area contributed by atoms with Gasteiger partial charge in [0.25, 0.3) is 0 Å². The molecule has 1 amide bonds. The summed E-state index contributed by atoms with van der Waals surface area (Å²) in [5.41, 5.74) is 0. The van der Waals surface area contributed by atoms with Crippen LogP contribution >= 0.6 is 11.8 Å². The molecule has 0 aromatic carbocycles. The molecule has 1 aromatic heterocycles. The molecule has 1 aliphatic rings. The van der Waals surface area contributed by atoms with Gasteiger partial charge in [-0.1, -0.05) is 12.8 Å². The predicted octanol–water partition coefficient (Wildman–Crippen LogP) is 0.889. The number of hydrogen-bond donors (Lipinski definition) is 2. The number of H-pyrrole nitrogens is 1. The van der Waals surface area contributed by atoms with Gasteiger partial charge in [0.05, 0.1) is 12.7 Å².